The molecular weight excluding hydrogens is 344 g/mol. The zero-order chi connectivity index (χ0) is 15.7. The second-order valence-electron chi connectivity index (χ2n) is 3.98. The van der Waals surface area contributed by atoms with Crippen molar-refractivity contribution in [3.05, 3.63) is 28.7 Å². The Morgan fingerprint density at radius 1 is 1.19 bits per heavy atom. The van der Waals surface area contributed by atoms with Crippen molar-refractivity contribution in [2.75, 3.05) is 13.2 Å². The van der Waals surface area contributed by atoms with Gasteiger partial charge < -0.3 is 15.2 Å². The summed E-state index contributed by atoms with van der Waals surface area (Å²) in [6, 6.07) is 6.31. The number of urea groups is 1. The molecule has 0 aliphatic carbocycles. The van der Waals surface area contributed by atoms with Crippen LogP contribution in [0.2, 0.25) is 0 Å². The third-order valence-electron chi connectivity index (χ3n) is 2.23. The largest absolute Gasteiger partial charge is 0.494 e. The fourth-order valence-electron chi connectivity index (χ4n) is 1.33. The summed E-state index contributed by atoms with van der Waals surface area (Å²) >= 11 is 3.31. The second-order valence-corrected chi connectivity index (χ2v) is 4.89. The highest BCUT2D eigenvalue weighted by atomic mass is 79.9. The number of primary amides is 1. The van der Waals surface area contributed by atoms with Crippen molar-refractivity contribution >= 4 is 33.8 Å². The number of carbonyl (C=O) groups is 3. The average Bonchev–Trinajstić information content (AvgIpc) is 2.42. The first-order chi connectivity index (χ1) is 9.97. The fraction of sp³-hybridized carbons (Fsp3) is 0.308. The third-order valence-corrected chi connectivity index (χ3v) is 2.76. The van der Waals surface area contributed by atoms with E-state index in [0.717, 1.165) is 4.47 Å². The van der Waals surface area contributed by atoms with Gasteiger partial charge in [-0.25, -0.2) is 4.79 Å². The van der Waals surface area contributed by atoms with Gasteiger partial charge in [-0.2, -0.15) is 0 Å². The Labute approximate surface area is 129 Å². The predicted octanol–water partition coefficient (Wildman–Crippen LogP) is 1.35. The third kappa shape index (κ3) is 7.93. The molecule has 0 bridgehead atoms. The number of carbonyl (C=O) groups excluding carboxylic acids is 3. The molecule has 3 N–H and O–H groups in total. The maximum Gasteiger partial charge on any atom is 0.318 e. The van der Waals surface area contributed by atoms with Gasteiger partial charge in [0.05, 0.1) is 6.61 Å². The van der Waals surface area contributed by atoms with E-state index in [2.05, 4.69) is 20.7 Å². The van der Waals surface area contributed by atoms with Gasteiger partial charge in [0, 0.05) is 10.9 Å². The Bertz CT molecular complexity index is 504. The molecule has 1 aromatic rings. The summed E-state index contributed by atoms with van der Waals surface area (Å²) in [6.45, 7) is -0.181. The standard InChI is InChI=1S/C13H15BrN2O5/c14-9-3-5-10(6-4-9)20-7-1-2-12(18)21-8-11(17)16-13(15)19/h3-6H,1-2,7-8H2,(H3,15,16,17,19). The first-order valence-corrected chi connectivity index (χ1v) is 6.90. The molecule has 0 saturated heterocycles. The molecule has 0 aromatic heterocycles. The van der Waals surface area contributed by atoms with Crippen molar-refractivity contribution in [1.82, 2.24) is 5.32 Å². The molecule has 1 rings (SSSR count). The molecule has 1 aromatic carbocycles. The minimum Gasteiger partial charge on any atom is -0.494 e. The number of rotatable bonds is 7. The number of nitrogens with two attached hydrogens (primary N) is 1. The smallest absolute Gasteiger partial charge is 0.318 e. The first kappa shape index (κ1) is 17.0. The lowest BCUT2D eigenvalue weighted by Crippen LogP contribution is -2.37. The summed E-state index contributed by atoms with van der Waals surface area (Å²) in [5, 5.41) is 1.79. The Morgan fingerprint density at radius 3 is 2.48 bits per heavy atom. The molecule has 0 radical (unpaired) electrons. The van der Waals surface area contributed by atoms with E-state index in [1.807, 2.05) is 12.1 Å². The van der Waals surface area contributed by atoms with Crippen LogP contribution in [0.4, 0.5) is 4.79 Å². The molecule has 21 heavy (non-hydrogen) atoms. The van der Waals surface area contributed by atoms with Gasteiger partial charge in [0.1, 0.15) is 5.75 Å². The number of amides is 3. The topological polar surface area (TPSA) is 108 Å². The van der Waals surface area contributed by atoms with E-state index in [1.165, 1.54) is 0 Å². The van der Waals surface area contributed by atoms with Gasteiger partial charge in [-0.3, -0.25) is 14.9 Å². The van der Waals surface area contributed by atoms with Gasteiger partial charge in [-0.1, -0.05) is 15.9 Å². The molecule has 0 spiro atoms. The van der Waals surface area contributed by atoms with Crippen molar-refractivity contribution in [2.45, 2.75) is 12.8 Å². The predicted molar refractivity (Wildman–Crippen MR) is 77.6 cm³/mol. The molecule has 0 fully saturated rings. The number of hydrogen-bond acceptors (Lipinski definition) is 5. The summed E-state index contributed by atoms with van der Waals surface area (Å²) in [4.78, 5) is 32.6. The summed E-state index contributed by atoms with van der Waals surface area (Å²) in [6.07, 6.45) is 0.562. The van der Waals surface area contributed by atoms with Gasteiger partial charge in [-0.05, 0) is 30.7 Å². The Kier molecular flexibility index (Phi) is 7.24. The molecular formula is C13H15BrN2O5. The minimum atomic E-state index is -0.987. The van der Waals surface area contributed by atoms with Crippen molar-refractivity contribution in [2.24, 2.45) is 5.73 Å². The van der Waals surface area contributed by atoms with Crippen LogP contribution in [-0.2, 0) is 14.3 Å². The maximum atomic E-state index is 11.3. The lowest BCUT2D eigenvalue weighted by Gasteiger charge is -2.06. The van der Waals surface area contributed by atoms with Gasteiger partial charge in [0.2, 0.25) is 0 Å². The highest BCUT2D eigenvalue weighted by Crippen LogP contribution is 2.16. The van der Waals surface area contributed by atoms with Crippen LogP contribution in [0.1, 0.15) is 12.8 Å². The molecule has 0 unspecified atom stereocenters. The second kappa shape index (κ2) is 8.96. The van der Waals surface area contributed by atoms with Crippen LogP contribution < -0.4 is 15.8 Å². The van der Waals surface area contributed by atoms with E-state index in [1.54, 1.807) is 17.4 Å². The molecule has 0 aliphatic heterocycles. The summed E-state index contributed by atoms with van der Waals surface area (Å²) in [5.41, 5.74) is 4.73. The first-order valence-electron chi connectivity index (χ1n) is 6.10. The number of nitrogens with one attached hydrogen (secondary N) is 1. The number of ether oxygens (including phenoxy) is 2. The normalized spacial score (nSPS) is 9.76. The molecule has 0 heterocycles. The van der Waals surface area contributed by atoms with E-state index in [-0.39, 0.29) is 6.42 Å². The fourth-order valence-corrected chi connectivity index (χ4v) is 1.59. The number of esters is 1. The van der Waals surface area contributed by atoms with Crippen molar-refractivity contribution in [1.29, 1.82) is 0 Å². The Hall–Kier alpha value is -2.09. The summed E-state index contributed by atoms with van der Waals surface area (Å²) < 4.78 is 11.0. The van der Waals surface area contributed by atoms with Crippen molar-refractivity contribution in [3.8, 4) is 5.75 Å². The molecule has 7 nitrogen and oxygen atoms in total. The van der Waals surface area contributed by atoms with E-state index in [9.17, 15) is 14.4 Å². The SMILES string of the molecule is NC(=O)NC(=O)COC(=O)CCCOc1ccc(Br)cc1. The highest BCUT2D eigenvalue weighted by Gasteiger charge is 2.08. The van der Waals surface area contributed by atoms with Crippen LogP contribution in [0, 0.1) is 0 Å². The number of halogens is 1. The van der Waals surface area contributed by atoms with Crippen LogP contribution in [0.15, 0.2) is 28.7 Å². The molecule has 3 amide bonds. The number of hydrogen-bond donors (Lipinski definition) is 2. The van der Waals surface area contributed by atoms with Gasteiger partial charge in [-0.15, -0.1) is 0 Å². The van der Waals surface area contributed by atoms with E-state index in [4.69, 9.17) is 10.5 Å². The van der Waals surface area contributed by atoms with Gasteiger partial charge >= 0.3 is 12.0 Å². The van der Waals surface area contributed by atoms with Crippen LogP contribution in [-0.4, -0.2) is 31.1 Å². The average molecular weight is 359 g/mol. The molecule has 8 heteroatoms. The van der Waals surface area contributed by atoms with Gasteiger partial charge in [0.25, 0.3) is 5.91 Å². The Balaban J connectivity index is 2.12. The van der Waals surface area contributed by atoms with Crippen LogP contribution in [0.3, 0.4) is 0 Å². The molecule has 0 saturated carbocycles. The number of benzene rings is 1. The quantitative estimate of drug-likeness (QED) is 0.564. The molecule has 114 valence electrons. The summed E-state index contributed by atoms with van der Waals surface area (Å²) in [7, 11) is 0. The molecule has 0 aliphatic rings. The zero-order valence-electron chi connectivity index (χ0n) is 11.1. The lowest BCUT2D eigenvalue weighted by molar-refractivity contribution is -0.148. The maximum absolute atomic E-state index is 11.3. The van der Waals surface area contributed by atoms with Crippen LogP contribution >= 0.6 is 15.9 Å². The van der Waals surface area contributed by atoms with E-state index in [0.29, 0.717) is 18.8 Å². The van der Waals surface area contributed by atoms with Crippen molar-refractivity contribution in [3.63, 3.8) is 0 Å². The van der Waals surface area contributed by atoms with Crippen LogP contribution in [0.25, 0.3) is 0 Å². The number of imide groups is 1. The monoisotopic (exact) mass is 358 g/mol. The highest BCUT2D eigenvalue weighted by molar-refractivity contribution is 9.10. The summed E-state index contributed by atoms with van der Waals surface area (Å²) in [5.74, 6) is -0.608. The Morgan fingerprint density at radius 2 is 1.86 bits per heavy atom. The van der Waals surface area contributed by atoms with Crippen molar-refractivity contribution < 1.29 is 23.9 Å². The van der Waals surface area contributed by atoms with Gasteiger partial charge in [0.15, 0.2) is 6.61 Å². The van der Waals surface area contributed by atoms with E-state index >= 15 is 0 Å². The lowest BCUT2D eigenvalue weighted by atomic mass is 10.3. The minimum absolute atomic E-state index is 0.111. The zero-order valence-corrected chi connectivity index (χ0v) is 12.7. The van der Waals surface area contributed by atoms with E-state index < -0.39 is 24.5 Å². The van der Waals surface area contributed by atoms with Crippen LogP contribution in [0.5, 0.6) is 5.75 Å². The molecule has 0 atom stereocenters.